The molecule has 0 aromatic carbocycles. The lowest BCUT2D eigenvalue weighted by Gasteiger charge is -2.20. The molecular formula is C71H137NO5. The van der Waals surface area contributed by atoms with Crippen molar-refractivity contribution < 1.29 is 24.5 Å². The van der Waals surface area contributed by atoms with Crippen molar-refractivity contribution in [3.05, 3.63) is 24.3 Å². The second kappa shape index (κ2) is 66.8. The van der Waals surface area contributed by atoms with E-state index in [2.05, 4.69) is 31.3 Å². The van der Waals surface area contributed by atoms with Gasteiger partial charge in [-0.15, -0.1) is 0 Å². The van der Waals surface area contributed by atoms with Gasteiger partial charge in [0.15, 0.2) is 0 Å². The van der Waals surface area contributed by atoms with E-state index >= 15 is 0 Å². The predicted molar refractivity (Wildman–Crippen MR) is 338 cm³/mol. The number of nitrogens with one attached hydrogen (secondary N) is 1. The molecule has 0 rings (SSSR count). The molecule has 0 aliphatic rings. The van der Waals surface area contributed by atoms with E-state index in [0.717, 1.165) is 38.5 Å². The Balaban J connectivity index is 3.32. The summed E-state index contributed by atoms with van der Waals surface area (Å²) in [7, 11) is 0. The molecule has 0 bridgehead atoms. The standard InChI is InChI=1S/C71H137NO5/c1-3-5-7-9-11-13-15-45-49-53-57-61-65-71(76)77-66-62-58-54-50-46-42-40-38-36-34-32-30-28-26-24-22-20-18-16-17-19-21-23-25-27-29-31-33-35-37-39-41-44-48-52-56-60-64-70(75)72-68(67-73)69(74)63-59-55-51-47-43-14-12-10-8-6-4-2/h16,18,59,63,68-69,73-74H,3-15,17,19-58,60-62,64-67H2,1-2H3,(H,72,75)/b18-16-,63-59+. The summed E-state index contributed by atoms with van der Waals surface area (Å²) in [4.78, 5) is 24.5. The molecule has 0 aliphatic heterocycles. The number of aliphatic hydroxyl groups excluding tert-OH is 2. The van der Waals surface area contributed by atoms with E-state index < -0.39 is 12.1 Å². The Bertz CT molecular complexity index is 1200. The Morgan fingerprint density at radius 2 is 0.610 bits per heavy atom. The van der Waals surface area contributed by atoms with Crippen LogP contribution in [0.1, 0.15) is 393 Å². The largest absolute Gasteiger partial charge is 0.466 e. The number of esters is 1. The first-order valence-corrected chi connectivity index (χ1v) is 35.1. The van der Waals surface area contributed by atoms with Gasteiger partial charge in [-0.3, -0.25) is 9.59 Å². The molecule has 6 heteroatoms. The maximum absolute atomic E-state index is 12.4. The Morgan fingerprint density at radius 3 is 0.922 bits per heavy atom. The minimum atomic E-state index is -0.839. The zero-order chi connectivity index (χ0) is 55.7. The van der Waals surface area contributed by atoms with Crippen molar-refractivity contribution in [2.45, 2.75) is 405 Å². The van der Waals surface area contributed by atoms with Crippen LogP contribution < -0.4 is 5.32 Å². The Hall–Kier alpha value is -1.66. The number of unbranched alkanes of at least 4 members (excludes halogenated alkanes) is 53. The smallest absolute Gasteiger partial charge is 0.305 e. The Labute approximate surface area is 481 Å². The highest BCUT2D eigenvalue weighted by Crippen LogP contribution is 2.19. The number of rotatable bonds is 66. The summed E-state index contributed by atoms with van der Waals surface area (Å²) >= 11 is 0. The van der Waals surface area contributed by atoms with Crippen molar-refractivity contribution in [2.24, 2.45) is 0 Å². The molecule has 1 amide bonds. The molecule has 456 valence electrons. The van der Waals surface area contributed by atoms with Gasteiger partial charge in [0.1, 0.15) is 0 Å². The fraction of sp³-hybridized carbons (Fsp3) is 0.915. The molecule has 0 fully saturated rings. The van der Waals surface area contributed by atoms with Crippen LogP contribution in [0.2, 0.25) is 0 Å². The molecule has 0 saturated heterocycles. The number of carbonyl (C=O) groups is 2. The lowest BCUT2D eigenvalue weighted by molar-refractivity contribution is -0.143. The molecule has 0 aliphatic carbocycles. The summed E-state index contributed by atoms with van der Waals surface area (Å²) in [5, 5.41) is 23.1. The molecule has 0 saturated carbocycles. The van der Waals surface area contributed by atoms with Gasteiger partial charge < -0.3 is 20.3 Å². The molecule has 0 radical (unpaired) electrons. The lowest BCUT2D eigenvalue weighted by Crippen LogP contribution is -2.45. The quantitative estimate of drug-likeness (QED) is 0.0320. The number of hydrogen-bond donors (Lipinski definition) is 3. The molecule has 0 aromatic rings. The van der Waals surface area contributed by atoms with E-state index in [1.165, 1.54) is 327 Å². The number of hydrogen-bond acceptors (Lipinski definition) is 5. The van der Waals surface area contributed by atoms with Crippen LogP contribution in [0.3, 0.4) is 0 Å². The highest BCUT2D eigenvalue weighted by molar-refractivity contribution is 5.76. The molecule has 0 heterocycles. The number of carbonyl (C=O) groups excluding carboxylic acids is 2. The third kappa shape index (κ3) is 63.4. The van der Waals surface area contributed by atoms with Crippen LogP contribution in [0.5, 0.6) is 0 Å². The molecule has 3 N–H and O–H groups in total. The van der Waals surface area contributed by atoms with Crippen molar-refractivity contribution in [3.63, 3.8) is 0 Å². The van der Waals surface area contributed by atoms with Gasteiger partial charge in [0, 0.05) is 12.8 Å². The van der Waals surface area contributed by atoms with Crippen molar-refractivity contribution in [1.29, 1.82) is 0 Å². The third-order valence-corrected chi connectivity index (χ3v) is 16.5. The van der Waals surface area contributed by atoms with Gasteiger partial charge in [0.05, 0.1) is 25.4 Å². The van der Waals surface area contributed by atoms with Crippen molar-refractivity contribution in [3.8, 4) is 0 Å². The monoisotopic (exact) mass is 1080 g/mol. The first-order valence-electron chi connectivity index (χ1n) is 35.1. The van der Waals surface area contributed by atoms with E-state index in [1.807, 2.05) is 6.08 Å². The maximum Gasteiger partial charge on any atom is 0.305 e. The van der Waals surface area contributed by atoms with Crippen LogP contribution in [-0.2, 0) is 14.3 Å². The van der Waals surface area contributed by atoms with Crippen molar-refractivity contribution >= 4 is 11.9 Å². The van der Waals surface area contributed by atoms with Gasteiger partial charge in [-0.2, -0.15) is 0 Å². The summed E-state index contributed by atoms with van der Waals surface area (Å²) in [5.41, 5.74) is 0. The lowest BCUT2D eigenvalue weighted by atomic mass is 10.0. The molecule has 2 unspecified atom stereocenters. The van der Waals surface area contributed by atoms with Crippen LogP contribution in [0.25, 0.3) is 0 Å². The summed E-state index contributed by atoms with van der Waals surface area (Å²) < 4.78 is 5.48. The molecule has 0 spiro atoms. The topological polar surface area (TPSA) is 95.9 Å². The first-order chi connectivity index (χ1) is 38.0. The number of ether oxygens (including phenoxy) is 1. The Kier molecular flexibility index (Phi) is 65.4. The minimum absolute atomic E-state index is 0.0223. The highest BCUT2D eigenvalue weighted by Gasteiger charge is 2.18. The van der Waals surface area contributed by atoms with Crippen LogP contribution in [0, 0.1) is 0 Å². The minimum Gasteiger partial charge on any atom is -0.466 e. The number of aliphatic hydroxyl groups is 2. The van der Waals surface area contributed by atoms with Crippen molar-refractivity contribution in [1.82, 2.24) is 5.32 Å². The number of amides is 1. The predicted octanol–water partition coefficient (Wildman–Crippen LogP) is 22.5. The van der Waals surface area contributed by atoms with Gasteiger partial charge >= 0.3 is 5.97 Å². The first kappa shape index (κ1) is 75.3. The molecule has 2 atom stereocenters. The summed E-state index contributed by atoms with van der Waals surface area (Å²) in [6.45, 7) is 4.92. The van der Waals surface area contributed by atoms with E-state index in [4.69, 9.17) is 4.74 Å². The van der Waals surface area contributed by atoms with Gasteiger partial charge in [-0.1, -0.05) is 346 Å². The second-order valence-electron chi connectivity index (χ2n) is 24.2. The Morgan fingerprint density at radius 1 is 0.351 bits per heavy atom. The van der Waals surface area contributed by atoms with Crippen LogP contribution in [0.4, 0.5) is 0 Å². The molecule has 6 nitrogen and oxygen atoms in total. The molecular weight excluding hydrogens is 947 g/mol. The van der Waals surface area contributed by atoms with Gasteiger partial charge in [-0.25, -0.2) is 0 Å². The average molecular weight is 1080 g/mol. The average Bonchev–Trinajstić information content (AvgIpc) is 3.43. The fourth-order valence-electron chi connectivity index (χ4n) is 11.1. The highest BCUT2D eigenvalue weighted by atomic mass is 16.5. The maximum atomic E-state index is 12.4. The molecule has 77 heavy (non-hydrogen) atoms. The SMILES string of the molecule is CCCCCCCCCCC/C=C/C(O)C(CO)NC(=O)CCCCCCCCCCCCCCCCCCC/C=C\CCCCCCCCCCCCCCCCCCOC(=O)CCCCCCCCCCCCCC. The van der Waals surface area contributed by atoms with Gasteiger partial charge in [0.25, 0.3) is 0 Å². The van der Waals surface area contributed by atoms with Gasteiger partial charge in [0.2, 0.25) is 5.91 Å². The summed E-state index contributed by atoms with van der Waals surface area (Å²) in [5.74, 6) is -0.0412. The molecule has 0 aromatic heterocycles. The van der Waals surface area contributed by atoms with Crippen molar-refractivity contribution in [2.75, 3.05) is 13.2 Å². The van der Waals surface area contributed by atoms with E-state index in [-0.39, 0.29) is 18.5 Å². The van der Waals surface area contributed by atoms with Crippen LogP contribution >= 0.6 is 0 Å². The summed E-state index contributed by atoms with van der Waals surface area (Å²) in [6.07, 6.45) is 84.2. The van der Waals surface area contributed by atoms with E-state index in [9.17, 15) is 19.8 Å². The van der Waals surface area contributed by atoms with Crippen LogP contribution in [0.15, 0.2) is 24.3 Å². The number of allylic oxidation sites excluding steroid dienone is 3. The van der Waals surface area contributed by atoms with E-state index in [0.29, 0.717) is 19.4 Å². The van der Waals surface area contributed by atoms with Gasteiger partial charge in [-0.05, 0) is 57.8 Å². The third-order valence-electron chi connectivity index (χ3n) is 16.5. The fourth-order valence-corrected chi connectivity index (χ4v) is 11.1. The zero-order valence-corrected chi connectivity index (χ0v) is 52.2. The zero-order valence-electron chi connectivity index (χ0n) is 52.2. The second-order valence-corrected chi connectivity index (χ2v) is 24.2. The summed E-state index contributed by atoms with van der Waals surface area (Å²) in [6, 6.07) is -0.623. The normalized spacial score (nSPS) is 12.6. The van der Waals surface area contributed by atoms with Crippen LogP contribution in [-0.4, -0.2) is 47.4 Å². The van der Waals surface area contributed by atoms with E-state index in [1.54, 1.807) is 6.08 Å².